The Hall–Kier alpha value is -2.07. The third kappa shape index (κ3) is 4.64. The van der Waals surface area contributed by atoms with Gasteiger partial charge < -0.3 is 4.90 Å². The highest BCUT2D eigenvalue weighted by Gasteiger charge is 2.29. The van der Waals surface area contributed by atoms with Crippen molar-refractivity contribution in [2.75, 3.05) is 31.1 Å². The fraction of sp³-hybridized carbons (Fsp3) is 0.250. The van der Waals surface area contributed by atoms with Crippen molar-refractivity contribution < 1.29 is 17.2 Å². The summed E-state index contributed by atoms with van der Waals surface area (Å²) in [4.78, 5) is 6.76. The molecule has 2 aromatic carbocycles. The van der Waals surface area contributed by atoms with Crippen LogP contribution in [0.5, 0.6) is 0 Å². The summed E-state index contributed by atoms with van der Waals surface area (Å²) in [5, 5.41) is 3.00. The molecule has 158 valence electrons. The van der Waals surface area contributed by atoms with Gasteiger partial charge in [-0.15, -0.1) is 11.3 Å². The summed E-state index contributed by atoms with van der Waals surface area (Å²) in [5.74, 6) is -1.23. The molecule has 1 fully saturated rings. The van der Waals surface area contributed by atoms with Crippen LogP contribution in [0.25, 0.3) is 0 Å². The van der Waals surface area contributed by atoms with E-state index in [-0.39, 0.29) is 4.90 Å². The number of thiazole rings is 1. The summed E-state index contributed by atoms with van der Waals surface area (Å²) in [6.45, 7) is 1.67. The molecule has 5 nitrogen and oxygen atoms in total. The van der Waals surface area contributed by atoms with Crippen LogP contribution in [0.4, 0.5) is 13.9 Å². The Morgan fingerprint density at radius 1 is 1.03 bits per heavy atom. The zero-order valence-corrected chi connectivity index (χ0v) is 18.2. The second-order valence-corrected chi connectivity index (χ2v) is 10.1. The van der Waals surface area contributed by atoms with Crippen LogP contribution in [0.15, 0.2) is 52.7 Å². The molecular formula is C20H18ClF2N3O2S2. The summed E-state index contributed by atoms with van der Waals surface area (Å²) < 4.78 is 53.8. The largest absolute Gasteiger partial charge is 0.345 e. The maximum Gasteiger partial charge on any atom is 0.243 e. The SMILES string of the molecule is O=S(=O)(c1cccc(Cl)c1)N1CCN(c2nc(Cc3cc(F)cc(F)c3)cs2)CC1. The van der Waals surface area contributed by atoms with Crippen molar-refractivity contribution in [2.24, 2.45) is 0 Å². The fourth-order valence-electron chi connectivity index (χ4n) is 3.34. The zero-order chi connectivity index (χ0) is 21.3. The van der Waals surface area contributed by atoms with Gasteiger partial charge in [0.15, 0.2) is 5.13 Å². The van der Waals surface area contributed by atoms with Crippen LogP contribution >= 0.6 is 22.9 Å². The summed E-state index contributed by atoms with van der Waals surface area (Å²) in [6, 6.07) is 9.67. The zero-order valence-electron chi connectivity index (χ0n) is 15.8. The molecule has 0 N–H and O–H groups in total. The lowest BCUT2D eigenvalue weighted by Gasteiger charge is -2.33. The van der Waals surface area contributed by atoms with Crippen molar-refractivity contribution in [3.8, 4) is 0 Å². The normalized spacial score (nSPS) is 15.5. The number of nitrogens with zero attached hydrogens (tertiary/aromatic N) is 3. The van der Waals surface area contributed by atoms with Crippen LogP contribution in [-0.4, -0.2) is 43.9 Å². The lowest BCUT2D eigenvalue weighted by Crippen LogP contribution is -2.48. The number of halogens is 3. The lowest BCUT2D eigenvalue weighted by molar-refractivity contribution is 0.384. The van der Waals surface area contributed by atoms with E-state index in [4.69, 9.17) is 11.6 Å². The van der Waals surface area contributed by atoms with Crippen molar-refractivity contribution >= 4 is 38.1 Å². The van der Waals surface area contributed by atoms with E-state index in [9.17, 15) is 17.2 Å². The van der Waals surface area contributed by atoms with Gasteiger partial charge >= 0.3 is 0 Å². The summed E-state index contributed by atoms with van der Waals surface area (Å²) in [7, 11) is -3.60. The standard InChI is InChI=1S/C20H18ClF2N3O2S2/c21-15-2-1-3-19(11-15)30(27,28)26-6-4-25(5-7-26)20-24-18(13-29-20)10-14-8-16(22)12-17(23)9-14/h1-3,8-9,11-13H,4-7,10H2. The molecule has 2 heterocycles. The van der Waals surface area contributed by atoms with E-state index < -0.39 is 21.7 Å². The smallest absolute Gasteiger partial charge is 0.243 e. The number of piperazine rings is 1. The number of benzene rings is 2. The fourth-order valence-corrected chi connectivity index (χ4v) is 5.94. The second kappa shape index (κ2) is 8.58. The van der Waals surface area contributed by atoms with Gasteiger partial charge in [-0.2, -0.15) is 4.31 Å². The van der Waals surface area contributed by atoms with Crippen LogP contribution in [0.1, 0.15) is 11.3 Å². The summed E-state index contributed by atoms with van der Waals surface area (Å²) in [5.41, 5.74) is 1.23. The van der Waals surface area contributed by atoms with Crippen LogP contribution in [-0.2, 0) is 16.4 Å². The van der Waals surface area contributed by atoms with Gasteiger partial charge in [-0.05, 0) is 35.9 Å². The van der Waals surface area contributed by atoms with Crippen molar-refractivity contribution in [1.29, 1.82) is 0 Å². The predicted molar refractivity (Wildman–Crippen MR) is 114 cm³/mol. The molecule has 0 aliphatic carbocycles. The lowest BCUT2D eigenvalue weighted by atomic mass is 10.1. The molecule has 0 radical (unpaired) electrons. The first-order valence-electron chi connectivity index (χ1n) is 9.21. The van der Waals surface area contributed by atoms with Gasteiger partial charge in [0, 0.05) is 49.1 Å². The Labute approximate surface area is 182 Å². The average Bonchev–Trinajstić information content (AvgIpc) is 3.16. The third-order valence-corrected chi connectivity index (χ3v) is 7.87. The summed E-state index contributed by atoms with van der Waals surface area (Å²) in [6.07, 6.45) is 0.328. The molecular weight excluding hydrogens is 452 g/mol. The van der Waals surface area contributed by atoms with E-state index in [0.717, 1.165) is 11.2 Å². The molecule has 0 bridgehead atoms. The van der Waals surface area contributed by atoms with Gasteiger partial charge in [-0.1, -0.05) is 17.7 Å². The van der Waals surface area contributed by atoms with E-state index >= 15 is 0 Å². The number of rotatable bonds is 5. The molecule has 0 amide bonds. The first kappa shape index (κ1) is 21.2. The van der Waals surface area contributed by atoms with E-state index in [1.54, 1.807) is 12.1 Å². The average molecular weight is 470 g/mol. The maximum atomic E-state index is 13.4. The van der Waals surface area contributed by atoms with E-state index in [1.165, 1.54) is 39.9 Å². The highest BCUT2D eigenvalue weighted by atomic mass is 35.5. The van der Waals surface area contributed by atoms with Crippen LogP contribution in [0, 0.1) is 11.6 Å². The number of sulfonamides is 1. The molecule has 4 rings (SSSR count). The molecule has 1 aliphatic heterocycles. The molecule has 10 heteroatoms. The van der Waals surface area contributed by atoms with Gasteiger partial charge in [0.05, 0.1) is 10.6 Å². The highest BCUT2D eigenvalue weighted by molar-refractivity contribution is 7.89. The Morgan fingerprint density at radius 3 is 2.40 bits per heavy atom. The minimum Gasteiger partial charge on any atom is -0.345 e. The first-order chi connectivity index (χ1) is 14.3. The first-order valence-corrected chi connectivity index (χ1v) is 11.9. The predicted octanol–water partition coefficient (Wildman–Crippen LogP) is 4.18. The van der Waals surface area contributed by atoms with Crippen LogP contribution in [0.3, 0.4) is 0 Å². The highest BCUT2D eigenvalue weighted by Crippen LogP contribution is 2.26. The molecule has 1 aliphatic rings. The van der Waals surface area contributed by atoms with Crippen LogP contribution in [0.2, 0.25) is 5.02 Å². The molecule has 0 saturated carbocycles. The number of hydrogen-bond donors (Lipinski definition) is 0. The van der Waals surface area contributed by atoms with Crippen molar-refractivity contribution in [3.05, 3.63) is 75.8 Å². The topological polar surface area (TPSA) is 53.5 Å². The number of hydrogen-bond acceptors (Lipinski definition) is 5. The monoisotopic (exact) mass is 469 g/mol. The molecule has 0 spiro atoms. The number of aromatic nitrogens is 1. The number of anilines is 1. The molecule has 1 aromatic heterocycles. The Bertz CT molecular complexity index is 1140. The molecule has 0 unspecified atom stereocenters. The van der Waals surface area contributed by atoms with Crippen molar-refractivity contribution in [1.82, 2.24) is 9.29 Å². The molecule has 3 aromatic rings. The van der Waals surface area contributed by atoms with Gasteiger partial charge in [-0.25, -0.2) is 22.2 Å². The molecule has 0 atom stereocenters. The van der Waals surface area contributed by atoms with Crippen molar-refractivity contribution in [3.63, 3.8) is 0 Å². The Balaban J connectivity index is 1.41. The minimum absolute atomic E-state index is 0.183. The Kier molecular flexibility index (Phi) is 6.06. The van der Waals surface area contributed by atoms with E-state index in [2.05, 4.69) is 4.98 Å². The summed E-state index contributed by atoms with van der Waals surface area (Å²) >= 11 is 7.36. The van der Waals surface area contributed by atoms with E-state index in [1.807, 2.05) is 10.3 Å². The molecule has 30 heavy (non-hydrogen) atoms. The molecule has 1 saturated heterocycles. The van der Waals surface area contributed by atoms with Crippen molar-refractivity contribution in [2.45, 2.75) is 11.3 Å². The van der Waals surface area contributed by atoms with Crippen LogP contribution < -0.4 is 4.90 Å². The Morgan fingerprint density at radius 2 is 1.73 bits per heavy atom. The third-order valence-electron chi connectivity index (χ3n) is 4.79. The quantitative estimate of drug-likeness (QED) is 0.562. The maximum absolute atomic E-state index is 13.4. The van der Waals surface area contributed by atoms with Gasteiger partial charge in [0.1, 0.15) is 11.6 Å². The second-order valence-electron chi connectivity index (χ2n) is 6.92. The van der Waals surface area contributed by atoms with E-state index in [0.29, 0.717) is 48.9 Å². The minimum atomic E-state index is -3.60. The van der Waals surface area contributed by atoms with Gasteiger partial charge in [-0.3, -0.25) is 0 Å². The van der Waals surface area contributed by atoms with Gasteiger partial charge in [0.25, 0.3) is 0 Å². The van der Waals surface area contributed by atoms with Gasteiger partial charge in [0.2, 0.25) is 10.0 Å².